The predicted molar refractivity (Wildman–Crippen MR) is 77.6 cm³/mol. The van der Waals surface area contributed by atoms with Crippen LogP contribution in [0.25, 0.3) is 0 Å². The van der Waals surface area contributed by atoms with E-state index in [0.29, 0.717) is 6.10 Å². The second-order valence-corrected chi connectivity index (χ2v) is 8.60. The van der Waals surface area contributed by atoms with Gasteiger partial charge in [-0.3, -0.25) is 0 Å². The molecule has 0 N–H and O–H groups in total. The molecule has 0 aliphatic heterocycles. The standard InChI is InChI=1S/C14H32O2Si/c1-6-9-10-13-15-17(4,5)16-14(11-7-2)12-8-3/h14H,6-13H2,1-5H3. The zero-order chi connectivity index (χ0) is 13.1. The Kier molecular flexibility index (Phi) is 10.2. The van der Waals surface area contributed by atoms with E-state index in [4.69, 9.17) is 8.85 Å². The fourth-order valence-corrected chi connectivity index (χ4v) is 3.75. The average Bonchev–Trinajstić information content (AvgIpc) is 2.25. The molecule has 0 aliphatic carbocycles. The first-order valence-corrected chi connectivity index (χ1v) is 10.2. The Morgan fingerprint density at radius 3 is 1.94 bits per heavy atom. The molecule has 17 heavy (non-hydrogen) atoms. The predicted octanol–water partition coefficient (Wildman–Crippen LogP) is 4.88. The van der Waals surface area contributed by atoms with Gasteiger partial charge in [0.25, 0.3) is 0 Å². The largest absolute Gasteiger partial charge is 0.395 e. The molecule has 0 aromatic carbocycles. The minimum atomic E-state index is -1.89. The summed E-state index contributed by atoms with van der Waals surface area (Å²) in [6.45, 7) is 11.9. The maximum atomic E-state index is 6.22. The van der Waals surface area contributed by atoms with Crippen molar-refractivity contribution in [3.63, 3.8) is 0 Å². The first-order chi connectivity index (χ1) is 8.05. The smallest absolute Gasteiger partial charge is 0.331 e. The van der Waals surface area contributed by atoms with Gasteiger partial charge in [-0.25, -0.2) is 0 Å². The van der Waals surface area contributed by atoms with Gasteiger partial charge < -0.3 is 8.85 Å². The lowest BCUT2D eigenvalue weighted by Crippen LogP contribution is -2.39. The summed E-state index contributed by atoms with van der Waals surface area (Å²) in [5.41, 5.74) is 0. The summed E-state index contributed by atoms with van der Waals surface area (Å²) in [7, 11) is -1.89. The molecular formula is C14H32O2Si. The van der Waals surface area contributed by atoms with Gasteiger partial charge in [0.15, 0.2) is 0 Å². The first kappa shape index (κ1) is 17.1. The Bertz CT molecular complexity index is 166. The van der Waals surface area contributed by atoms with Crippen LogP contribution in [-0.4, -0.2) is 21.3 Å². The minimum Gasteiger partial charge on any atom is -0.395 e. The lowest BCUT2D eigenvalue weighted by molar-refractivity contribution is 0.106. The molecule has 0 atom stereocenters. The van der Waals surface area contributed by atoms with Crippen molar-refractivity contribution in [1.29, 1.82) is 0 Å². The van der Waals surface area contributed by atoms with Gasteiger partial charge in [-0.05, 0) is 32.4 Å². The van der Waals surface area contributed by atoms with Gasteiger partial charge in [-0.1, -0.05) is 46.5 Å². The second kappa shape index (κ2) is 10.1. The van der Waals surface area contributed by atoms with E-state index in [1.54, 1.807) is 0 Å². The summed E-state index contributed by atoms with van der Waals surface area (Å²) in [4.78, 5) is 0. The fourth-order valence-electron chi connectivity index (χ4n) is 2.01. The van der Waals surface area contributed by atoms with Crippen LogP contribution in [0.5, 0.6) is 0 Å². The highest BCUT2D eigenvalue weighted by Gasteiger charge is 2.27. The molecule has 2 nitrogen and oxygen atoms in total. The molecule has 0 bridgehead atoms. The van der Waals surface area contributed by atoms with Crippen LogP contribution in [0, 0.1) is 0 Å². The third-order valence-corrected chi connectivity index (χ3v) is 4.67. The van der Waals surface area contributed by atoms with Crippen LogP contribution in [0.2, 0.25) is 13.1 Å². The van der Waals surface area contributed by atoms with Crippen LogP contribution in [0.4, 0.5) is 0 Å². The molecule has 0 spiro atoms. The topological polar surface area (TPSA) is 18.5 Å². The van der Waals surface area contributed by atoms with Gasteiger partial charge in [0.2, 0.25) is 0 Å². The first-order valence-electron chi connectivity index (χ1n) is 7.37. The van der Waals surface area contributed by atoms with Crippen molar-refractivity contribution in [3.8, 4) is 0 Å². The second-order valence-electron chi connectivity index (χ2n) is 5.27. The Hall–Kier alpha value is 0.137. The molecule has 0 heterocycles. The van der Waals surface area contributed by atoms with E-state index in [9.17, 15) is 0 Å². The fraction of sp³-hybridized carbons (Fsp3) is 1.00. The minimum absolute atomic E-state index is 0.415. The van der Waals surface area contributed by atoms with Gasteiger partial charge in [-0.2, -0.15) is 0 Å². The Labute approximate surface area is 109 Å². The van der Waals surface area contributed by atoms with E-state index in [-0.39, 0.29) is 0 Å². The Morgan fingerprint density at radius 2 is 1.47 bits per heavy atom. The normalized spacial score (nSPS) is 12.4. The zero-order valence-corrected chi connectivity index (χ0v) is 13.6. The number of unbranched alkanes of at least 4 members (excludes halogenated alkanes) is 2. The molecule has 0 aromatic heterocycles. The molecule has 0 aliphatic rings. The average molecular weight is 260 g/mol. The van der Waals surface area contributed by atoms with Gasteiger partial charge in [0.1, 0.15) is 0 Å². The van der Waals surface area contributed by atoms with Crippen LogP contribution in [-0.2, 0) is 8.85 Å². The Morgan fingerprint density at radius 1 is 0.882 bits per heavy atom. The molecular weight excluding hydrogens is 228 g/mol. The van der Waals surface area contributed by atoms with Gasteiger partial charge in [0, 0.05) is 12.7 Å². The number of hydrogen-bond donors (Lipinski definition) is 0. The highest BCUT2D eigenvalue weighted by molar-refractivity contribution is 6.64. The van der Waals surface area contributed by atoms with Gasteiger partial charge in [0.05, 0.1) is 0 Å². The SMILES string of the molecule is CCCCCO[Si](C)(C)OC(CCC)CCC. The molecule has 0 saturated carbocycles. The number of hydrogen-bond acceptors (Lipinski definition) is 2. The van der Waals surface area contributed by atoms with Crippen LogP contribution >= 0.6 is 0 Å². The lowest BCUT2D eigenvalue weighted by Gasteiger charge is -2.28. The molecule has 0 fully saturated rings. The van der Waals surface area contributed by atoms with E-state index < -0.39 is 8.56 Å². The van der Waals surface area contributed by atoms with Crippen molar-refractivity contribution in [3.05, 3.63) is 0 Å². The van der Waals surface area contributed by atoms with Crippen molar-refractivity contribution >= 4 is 8.56 Å². The highest BCUT2D eigenvalue weighted by Crippen LogP contribution is 2.17. The Balaban J connectivity index is 3.92. The molecule has 0 aromatic rings. The quantitative estimate of drug-likeness (QED) is 0.389. The molecule has 3 heteroatoms. The van der Waals surface area contributed by atoms with Gasteiger partial charge in [-0.15, -0.1) is 0 Å². The summed E-state index contributed by atoms with van der Waals surface area (Å²) < 4.78 is 12.2. The maximum Gasteiger partial charge on any atom is 0.331 e. The third kappa shape index (κ3) is 9.80. The van der Waals surface area contributed by atoms with Crippen molar-refractivity contribution in [1.82, 2.24) is 0 Å². The van der Waals surface area contributed by atoms with E-state index >= 15 is 0 Å². The van der Waals surface area contributed by atoms with Crippen LogP contribution in [0.15, 0.2) is 0 Å². The summed E-state index contributed by atoms with van der Waals surface area (Å²) in [5, 5.41) is 0. The van der Waals surface area contributed by atoms with E-state index in [1.807, 2.05) is 0 Å². The summed E-state index contributed by atoms with van der Waals surface area (Å²) in [5.74, 6) is 0. The summed E-state index contributed by atoms with van der Waals surface area (Å²) in [6, 6.07) is 0. The highest BCUT2D eigenvalue weighted by atomic mass is 28.4. The van der Waals surface area contributed by atoms with Crippen LogP contribution in [0.3, 0.4) is 0 Å². The molecule has 0 saturated heterocycles. The van der Waals surface area contributed by atoms with E-state index in [1.165, 1.54) is 44.9 Å². The summed E-state index contributed by atoms with van der Waals surface area (Å²) in [6.07, 6.45) is 8.83. The number of rotatable bonds is 11. The zero-order valence-electron chi connectivity index (χ0n) is 12.6. The van der Waals surface area contributed by atoms with Crippen LogP contribution < -0.4 is 0 Å². The maximum absolute atomic E-state index is 6.22. The molecule has 104 valence electrons. The van der Waals surface area contributed by atoms with Crippen LogP contribution in [0.1, 0.15) is 65.7 Å². The van der Waals surface area contributed by atoms with Crippen molar-refractivity contribution in [2.24, 2.45) is 0 Å². The summed E-state index contributed by atoms with van der Waals surface area (Å²) >= 11 is 0. The molecule has 0 radical (unpaired) electrons. The van der Waals surface area contributed by atoms with E-state index in [2.05, 4.69) is 33.9 Å². The molecule has 0 unspecified atom stereocenters. The molecule has 0 rings (SSSR count). The van der Waals surface area contributed by atoms with Crippen molar-refractivity contribution < 1.29 is 8.85 Å². The van der Waals surface area contributed by atoms with Gasteiger partial charge >= 0.3 is 8.56 Å². The lowest BCUT2D eigenvalue weighted by atomic mass is 10.1. The monoisotopic (exact) mass is 260 g/mol. The van der Waals surface area contributed by atoms with Crippen molar-refractivity contribution in [2.75, 3.05) is 6.61 Å². The van der Waals surface area contributed by atoms with E-state index in [0.717, 1.165) is 6.61 Å². The molecule has 0 amide bonds. The third-order valence-electron chi connectivity index (χ3n) is 2.87. The van der Waals surface area contributed by atoms with Crippen molar-refractivity contribution in [2.45, 2.75) is 84.9 Å².